The Hall–Kier alpha value is -2.27. The molecule has 0 saturated heterocycles. The minimum absolute atomic E-state index is 0.165. The SMILES string of the molecule is CCc1ccc(Cl)c(CC)c1NC(=O)CCNC(=O)c1ccco1. The molecule has 0 saturated carbocycles. The largest absolute Gasteiger partial charge is 0.459 e. The Morgan fingerprint density at radius 1 is 1.17 bits per heavy atom. The fourth-order valence-corrected chi connectivity index (χ4v) is 2.74. The highest BCUT2D eigenvalue weighted by molar-refractivity contribution is 6.32. The minimum atomic E-state index is -0.334. The van der Waals surface area contributed by atoms with E-state index < -0.39 is 0 Å². The molecular formula is C18H21ClN2O3. The van der Waals surface area contributed by atoms with Crippen LogP contribution in [0.2, 0.25) is 5.02 Å². The molecule has 0 spiro atoms. The van der Waals surface area contributed by atoms with Crippen LogP contribution < -0.4 is 10.6 Å². The number of benzene rings is 1. The van der Waals surface area contributed by atoms with Crippen LogP contribution in [0, 0.1) is 0 Å². The third kappa shape index (κ3) is 4.38. The zero-order valence-corrected chi connectivity index (χ0v) is 14.6. The summed E-state index contributed by atoms with van der Waals surface area (Å²) in [5.41, 5.74) is 2.77. The van der Waals surface area contributed by atoms with Crippen LogP contribution in [0.3, 0.4) is 0 Å². The molecule has 6 heteroatoms. The van der Waals surface area contributed by atoms with E-state index in [-0.39, 0.29) is 30.5 Å². The molecule has 2 amide bonds. The molecule has 1 heterocycles. The average molecular weight is 349 g/mol. The maximum atomic E-state index is 12.2. The number of halogens is 1. The lowest BCUT2D eigenvalue weighted by molar-refractivity contribution is -0.116. The summed E-state index contributed by atoms with van der Waals surface area (Å²) in [6, 6.07) is 7.00. The maximum absolute atomic E-state index is 12.2. The van der Waals surface area contributed by atoms with Crippen molar-refractivity contribution >= 4 is 29.1 Å². The highest BCUT2D eigenvalue weighted by atomic mass is 35.5. The number of hydrogen-bond donors (Lipinski definition) is 2. The van der Waals surface area contributed by atoms with Gasteiger partial charge in [0.1, 0.15) is 0 Å². The third-order valence-electron chi connectivity index (χ3n) is 3.72. The van der Waals surface area contributed by atoms with Crippen molar-refractivity contribution < 1.29 is 14.0 Å². The molecule has 5 nitrogen and oxygen atoms in total. The van der Waals surface area contributed by atoms with E-state index in [2.05, 4.69) is 10.6 Å². The van der Waals surface area contributed by atoms with Crippen molar-refractivity contribution in [3.05, 3.63) is 52.4 Å². The van der Waals surface area contributed by atoms with E-state index in [0.717, 1.165) is 29.7 Å². The van der Waals surface area contributed by atoms with Gasteiger partial charge < -0.3 is 15.1 Å². The van der Waals surface area contributed by atoms with Gasteiger partial charge in [-0.2, -0.15) is 0 Å². The summed E-state index contributed by atoms with van der Waals surface area (Å²) in [5, 5.41) is 6.23. The van der Waals surface area contributed by atoms with Crippen LogP contribution in [0.5, 0.6) is 0 Å². The summed E-state index contributed by atoms with van der Waals surface area (Å²) < 4.78 is 4.99. The van der Waals surface area contributed by atoms with Crippen molar-refractivity contribution in [1.29, 1.82) is 0 Å². The highest BCUT2D eigenvalue weighted by Gasteiger charge is 2.14. The standard InChI is InChI=1S/C18H21ClN2O3/c1-3-12-7-8-14(19)13(4-2)17(12)21-16(22)9-10-20-18(23)15-6-5-11-24-15/h5-8,11H,3-4,9-10H2,1-2H3,(H,20,23)(H,21,22). The molecule has 2 aromatic rings. The predicted molar refractivity (Wildman–Crippen MR) is 94.5 cm³/mol. The molecule has 2 rings (SSSR count). The van der Waals surface area contributed by atoms with Crippen molar-refractivity contribution in [1.82, 2.24) is 5.32 Å². The first-order chi connectivity index (χ1) is 11.6. The van der Waals surface area contributed by atoms with Gasteiger partial charge in [-0.15, -0.1) is 0 Å². The fraction of sp³-hybridized carbons (Fsp3) is 0.333. The zero-order chi connectivity index (χ0) is 17.5. The lowest BCUT2D eigenvalue weighted by Gasteiger charge is -2.16. The Kier molecular flexibility index (Phi) is 6.44. The Balaban J connectivity index is 1.95. The molecule has 0 radical (unpaired) electrons. The number of aryl methyl sites for hydroxylation is 1. The van der Waals surface area contributed by atoms with E-state index in [1.807, 2.05) is 26.0 Å². The lowest BCUT2D eigenvalue weighted by Crippen LogP contribution is -2.27. The van der Waals surface area contributed by atoms with E-state index in [9.17, 15) is 9.59 Å². The van der Waals surface area contributed by atoms with Gasteiger partial charge in [0.15, 0.2) is 5.76 Å². The fourth-order valence-electron chi connectivity index (χ4n) is 2.45. The van der Waals surface area contributed by atoms with Gasteiger partial charge in [-0.25, -0.2) is 0 Å². The molecule has 1 aromatic carbocycles. The summed E-state index contributed by atoms with van der Waals surface area (Å²) in [7, 11) is 0. The molecule has 0 atom stereocenters. The Labute approximate surface area is 146 Å². The second-order valence-electron chi connectivity index (χ2n) is 5.30. The van der Waals surface area contributed by atoms with Gasteiger partial charge in [0, 0.05) is 23.7 Å². The molecule has 1 aromatic heterocycles. The topological polar surface area (TPSA) is 71.3 Å². The van der Waals surface area contributed by atoms with Crippen molar-refractivity contribution in [3.63, 3.8) is 0 Å². The molecule has 0 aliphatic carbocycles. The normalized spacial score (nSPS) is 10.5. The molecule has 0 aliphatic rings. The molecule has 2 N–H and O–H groups in total. The first kappa shape index (κ1) is 18.1. The van der Waals surface area contributed by atoms with Gasteiger partial charge in [-0.3, -0.25) is 9.59 Å². The van der Waals surface area contributed by atoms with Crippen molar-refractivity contribution in [2.75, 3.05) is 11.9 Å². The molecule has 0 fully saturated rings. The van der Waals surface area contributed by atoms with Crippen LogP contribution in [0.15, 0.2) is 34.9 Å². The Bertz CT molecular complexity index is 711. The second-order valence-corrected chi connectivity index (χ2v) is 5.71. The quantitative estimate of drug-likeness (QED) is 0.799. The first-order valence-electron chi connectivity index (χ1n) is 7.98. The van der Waals surface area contributed by atoms with Gasteiger partial charge in [-0.05, 0) is 42.2 Å². The molecule has 24 heavy (non-hydrogen) atoms. The van der Waals surface area contributed by atoms with Crippen molar-refractivity contribution in [2.45, 2.75) is 33.1 Å². The number of anilines is 1. The highest BCUT2D eigenvalue weighted by Crippen LogP contribution is 2.29. The maximum Gasteiger partial charge on any atom is 0.286 e. The Morgan fingerprint density at radius 3 is 2.58 bits per heavy atom. The van der Waals surface area contributed by atoms with Crippen LogP contribution in [-0.2, 0) is 17.6 Å². The summed E-state index contributed by atoms with van der Waals surface area (Å²) in [5.74, 6) is -0.271. The number of furan rings is 1. The molecule has 0 aliphatic heterocycles. The molecule has 0 unspecified atom stereocenters. The van der Waals surface area contributed by atoms with E-state index >= 15 is 0 Å². The van der Waals surface area contributed by atoms with E-state index in [1.54, 1.807) is 12.1 Å². The second kappa shape index (κ2) is 8.55. The molecule has 128 valence electrons. The number of amides is 2. The minimum Gasteiger partial charge on any atom is -0.459 e. The zero-order valence-electron chi connectivity index (χ0n) is 13.8. The van der Waals surface area contributed by atoms with Gasteiger partial charge in [0.25, 0.3) is 5.91 Å². The van der Waals surface area contributed by atoms with E-state index in [4.69, 9.17) is 16.0 Å². The number of hydrogen-bond acceptors (Lipinski definition) is 3. The monoisotopic (exact) mass is 348 g/mol. The summed E-state index contributed by atoms with van der Waals surface area (Å²) in [6.45, 7) is 4.26. The smallest absolute Gasteiger partial charge is 0.286 e. The van der Waals surface area contributed by atoms with E-state index in [0.29, 0.717) is 5.02 Å². The summed E-state index contributed by atoms with van der Waals surface area (Å²) in [4.78, 5) is 23.9. The molecular weight excluding hydrogens is 328 g/mol. The van der Waals surface area contributed by atoms with Gasteiger partial charge in [-0.1, -0.05) is 31.5 Å². The van der Waals surface area contributed by atoms with Crippen LogP contribution in [0.1, 0.15) is 41.9 Å². The molecule has 0 bridgehead atoms. The van der Waals surface area contributed by atoms with Crippen LogP contribution in [-0.4, -0.2) is 18.4 Å². The first-order valence-corrected chi connectivity index (χ1v) is 8.36. The van der Waals surface area contributed by atoms with Crippen LogP contribution >= 0.6 is 11.6 Å². The van der Waals surface area contributed by atoms with Crippen LogP contribution in [0.4, 0.5) is 5.69 Å². The van der Waals surface area contributed by atoms with Crippen molar-refractivity contribution in [3.8, 4) is 0 Å². The number of carbonyl (C=O) groups is 2. The van der Waals surface area contributed by atoms with Gasteiger partial charge >= 0.3 is 0 Å². The van der Waals surface area contributed by atoms with Gasteiger partial charge in [0.05, 0.1) is 6.26 Å². The number of rotatable bonds is 7. The summed E-state index contributed by atoms with van der Waals surface area (Å²) >= 11 is 6.23. The van der Waals surface area contributed by atoms with Gasteiger partial charge in [0.2, 0.25) is 5.91 Å². The third-order valence-corrected chi connectivity index (χ3v) is 4.08. The average Bonchev–Trinajstić information content (AvgIpc) is 3.10. The Morgan fingerprint density at radius 2 is 1.96 bits per heavy atom. The predicted octanol–water partition coefficient (Wildman–Crippen LogP) is 3.82. The van der Waals surface area contributed by atoms with E-state index in [1.165, 1.54) is 6.26 Å². The van der Waals surface area contributed by atoms with Crippen molar-refractivity contribution in [2.24, 2.45) is 0 Å². The lowest BCUT2D eigenvalue weighted by atomic mass is 10.0. The number of carbonyl (C=O) groups excluding carboxylic acids is 2. The summed E-state index contributed by atoms with van der Waals surface area (Å²) in [6.07, 6.45) is 3.14. The van der Waals surface area contributed by atoms with Crippen LogP contribution in [0.25, 0.3) is 0 Å². The number of nitrogens with one attached hydrogen (secondary N) is 2.